The van der Waals surface area contributed by atoms with Crippen LogP contribution in [0.5, 0.6) is 0 Å². The zero-order valence-electron chi connectivity index (χ0n) is 18.5. The van der Waals surface area contributed by atoms with Gasteiger partial charge in [-0.05, 0) is 18.9 Å². The van der Waals surface area contributed by atoms with Gasteiger partial charge >= 0.3 is 5.97 Å². The summed E-state index contributed by atoms with van der Waals surface area (Å²) in [5, 5.41) is 3.80. The van der Waals surface area contributed by atoms with Crippen molar-refractivity contribution < 1.29 is 28.1 Å². The molecule has 0 saturated carbocycles. The summed E-state index contributed by atoms with van der Waals surface area (Å²) >= 11 is 0. The fourth-order valence-corrected chi connectivity index (χ4v) is 4.08. The molecular formula is C24H25N3O6. The van der Waals surface area contributed by atoms with Gasteiger partial charge in [-0.2, -0.15) is 0 Å². The first kappa shape index (κ1) is 22.4. The zero-order chi connectivity index (χ0) is 23.4. The lowest BCUT2D eigenvalue weighted by atomic mass is 10.00. The highest BCUT2D eigenvalue weighted by molar-refractivity contribution is 5.90. The van der Waals surface area contributed by atoms with Gasteiger partial charge in [-0.25, -0.2) is 4.98 Å². The van der Waals surface area contributed by atoms with E-state index in [1.54, 1.807) is 19.2 Å². The second-order valence-corrected chi connectivity index (χ2v) is 8.17. The van der Waals surface area contributed by atoms with E-state index in [2.05, 4.69) is 10.1 Å². The second-order valence-electron chi connectivity index (χ2n) is 8.17. The van der Waals surface area contributed by atoms with E-state index in [1.165, 1.54) is 18.2 Å². The molecule has 172 valence electrons. The van der Waals surface area contributed by atoms with E-state index in [-0.39, 0.29) is 31.1 Å². The molecule has 1 saturated heterocycles. The number of oxazole rings is 1. The molecule has 1 fully saturated rings. The Kier molecular flexibility index (Phi) is 6.67. The monoisotopic (exact) mass is 451 g/mol. The van der Waals surface area contributed by atoms with Crippen LogP contribution >= 0.6 is 0 Å². The summed E-state index contributed by atoms with van der Waals surface area (Å²) in [6.07, 6.45) is 3.62. The Balaban J connectivity index is 1.40. The molecule has 0 aliphatic carbocycles. The molecule has 3 heterocycles. The van der Waals surface area contributed by atoms with Crippen LogP contribution in [0.15, 0.2) is 51.9 Å². The predicted molar refractivity (Wildman–Crippen MR) is 116 cm³/mol. The first-order valence-corrected chi connectivity index (χ1v) is 10.8. The Labute approximate surface area is 190 Å². The summed E-state index contributed by atoms with van der Waals surface area (Å²) in [6.45, 7) is 3.28. The lowest BCUT2D eigenvalue weighted by Crippen LogP contribution is -2.41. The lowest BCUT2D eigenvalue weighted by molar-refractivity contribution is -0.146. The zero-order valence-corrected chi connectivity index (χ0v) is 18.5. The van der Waals surface area contributed by atoms with Crippen LogP contribution in [-0.4, -0.2) is 51.4 Å². The van der Waals surface area contributed by atoms with Gasteiger partial charge in [0.1, 0.15) is 11.9 Å². The minimum absolute atomic E-state index is 0.000506. The quantitative estimate of drug-likeness (QED) is 0.480. The molecule has 1 aliphatic heterocycles. The van der Waals surface area contributed by atoms with Crippen LogP contribution in [0.1, 0.15) is 36.8 Å². The summed E-state index contributed by atoms with van der Waals surface area (Å²) < 4.78 is 15.7. The highest BCUT2D eigenvalue weighted by Gasteiger charge is 2.40. The van der Waals surface area contributed by atoms with Crippen molar-refractivity contribution >= 4 is 17.7 Å². The van der Waals surface area contributed by atoms with Crippen molar-refractivity contribution in [3.63, 3.8) is 0 Å². The summed E-state index contributed by atoms with van der Waals surface area (Å²) in [4.78, 5) is 42.8. The Bertz CT molecular complexity index is 1120. The fourth-order valence-electron chi connectivity index (χ4n) is 4.08. The van der Waals surface area contributed by atoms with E-state index >= 15 is 0 Å². The molecular weight excluding hydrogens is 426 g/mol. The first-order chi connectivity index (χ1) is 15.9. The Morgan fingerprint density at radius 3 is 2.64 bits per heavy atom. The first-order valence-electron chi connectivity index (χ1n) is 10.8. The summed E-state index contributed by atoms with van der Waals surface area (Å²) in [7, 11) is 0. The van der Waals surface area contributed by atoms with Crippen LogP contribution in [-0.2, 0) is 32.0 Å². The third kappa shape index (κ3) is 5.54. The molecule has 2 aromatic heterocycles. The van der Waals surface area contributed by atoms with Gasteiger partial charge in [-0.3, -0.25) is 14.4 Å². The molecule has 1 amide bonds. The van der Waals surface area contributed by atoms with Crippen molar-refractivity contribution in [3.05, 3.63) is 59.9 Å². The molecule has 33 heavy (non-hydrogen) atoms. The standard InChI is InChI=1S/C24H25N3O6/c1-15-9-19(33-26-15)11-24(30)27-13-20(32-16(2)28)10-21(27)22(29)8-5-17-3-6-18(7-4-17)23-12-25-14-31-23/h3-4,6-7,9,12,14,20-21H,5,8,10-11,13H2,1-2H3/t20-,21+/m1/s1. The number of aryl methyl sites for hydroxylation is 2. The summed E-state index contributed by atoms with van der Waals surface area (Å²) in [5.41, 5.74) is 2.58. The highest BCUT2D eigenvalue weighted by Crippen LogP contribution is 2.25. The van der Waals surface area contributed by atoms with Crippen LogP contribution in [0.4, 0.5) is 0 Å². The lowest BCUT2D eigenvalue weighted by Gasteiger charge is -2.23. The van der Waals surface area contributed by atoms with Crippen LogP contribution in [0, 0.1) is 6.92 Å². The smallest absolute Gasteiger partial charge is 0.302 e. The Hall–Kier alpha value is -3.75. The third-order valence-corrected chi connectivity index (χ3v) is 5.62. The van der Waals surface area contributed by atoms with E-state index in [9.17, 15) is 14.4 Å². The van der Waals surface area contributed by atoms with Crippen molar-refractivity contribution in [1.29, 1.82) is 0 Å². The summed E-state index contributed by atoms with van der Waals surface area (Å²) in [6, 6.07) is 8.77. The predicted octanol–water partition coefficient (Wildman–Crippen LogP) is 2.92. The molecule has 0 spiro atoms. The van der Waals surface area contributed by atoms with E-state index < -0.39 is 18.1 Å². The van der Waals surface area contributed by atoms with Gasteiger partial charge < -0.3 is 18.6 Å². The van der Waals surface area contributed by atoms with E-state index in [1.807, 2.05) is 24.3 Å². The Morgan fingerprint density at radius 1 is 1.21 bits per heavy atom. The number of ether oxygens (including phenoxy) is 1. The van der Waals surface area contributed by atoms with Gasteiger partial charge in [0.05, 0.1) is 30.9 Å². The van der Waals surface area contributed by atoms with Crippen molar-refractivity contribution in [2.24, 2.45) is 0 Å². The van der Waals surface area contributed by atoms with Crippen LogP contribution < -0.4 is 0 Å². The average Bonchev–Trinajstić information content (AvgIpc) is 3.53. The van der Waals surface area contributed by atoms with Crippen molar-refractivity contribution in [2.75, 3.05) is 6.54 Å². The number of amides is 1. The molecule has 0 unspecified atom stereocenters. The van der Waals surface area contributed by atoms with Gasteiger partial charge in [0.15, 0.2) is 17.9 Å². The largest absolute Gasteiger partial charge is 0.461 e. The van der Waals surface area contributed by atoms with Crippen molar-refractivity contribution in [2.45, 2.75) is 51.7 Å². The number of likely N-dealkylation sites (tertiary alicyclic amines) is 1. The Morgan fingerprint density at radius 2 is 2.00 bits per heavy atom. The molecule has 0 radical (unpaired) electrons. The molecule has 4 rings (SSSR count). The van der Waals surface area contributed by atoms with Crippen molar-refractivity contribution in [3.8, 4) is 11.3 Å². The van der Waals surface area contributed by atoms with Crippen LogP contribution in [0.3, 0.4) is 0 Å². The van der Waals surface area contributed by atoms with Gasteiger partial charge in [0.2, 0.25) is 5.91 Å². The normalized spacial score (nSPS) is 17.8. The number of rotatable bonds is 8. The number of carbonyl (C=O) groups excluding carboxylic acids is 3. The molecule has 3 aromatic rings. The van der Waals surface area contributed by atoms with E-state index in [4.69, 9.17) is 13.7 Å². The van der Waals surface area contributed by atoms with Gasteiger partial charge in [-0.15, -0.1) is 0 Å². The molecule has 9 heteroatoms. The fraction of sp³-hybridized carbons (Fsp3) is 0.375. The SMILES string of the molecule is CC(=O)O[C@@H]1C[C@@H](C(=O)CCc2ccc(-c3cnco3)cc2)N(C(=O)Cc2cc(C)no2)C1. The molecule has 1 aromatic carbocycles. The number of nitrogens with zero attached hydrogens (tertiary/aromatic N) is 3. The second kappa shape index (κ2) is 9.81. The number of ketones is 1. The number of carbonyl (C=O) groups is 3. The maximum atomic E-state index is 13.1. The van der Waals surface area contributed by atoms with Crippen molar-refractivity contribution in [1.82, 2.24) is 15.0 Å². The number of hydrogen-bond donors (Lipinski definition) is 0. The minimum Gasteiger partial charge on any atom is -0.461 e. The third-order valence-electron chi connectivity index (χ3n) is 5.62. The minimum atomic E-state index is -0.640. The molecule has 1 aliphatic rings. The van der Waals surface area contributed by atoms with Gasteiger partial charge in [0.25, 0.3) is 0 Å². The molecule has 2 atom stereocenters. The van der Waals surface area contributed by atoms with Gasteiger partial charge in [0, 0.05) is 31.4 Å². The van der Waals surface area contributed by atoms with E-state index in [0.29, 0.717) is 30.1 Å². The number of hydrogen-bond acceptors (Lipinski definition) is 8. The number of benzene rings is 1. The average molecular weight is 451 g/mol. The van der Waals surface area contributed by atoms with Gasteiger partial charge in [-0.1, -0.05) is 29.4 Å². The maximum Gasteiger partial charge on any atom is 0.302 e. The van der Waals surface area contributed by atoms with Crippen LogP contribution in [0.2, 0.25) is 0 Å². The molecule has 9 nitrogen and oxygen atoms in total. The summed E-state index contributed by atoms with van der Waals surface area (Å²) in [5.74, 6) is 0.363. The molecule has 0 bridgehead atoms. The van der Waals surface area contributed by atoms with E-state index in [0.717, 1.165) is 11.1 Å². The number of esters is 1. The highest BCUT2D eigenvalue weighted by atomic mass is 16.5. The number of Topliss-reactive ketones (excluding diaryl/α,β-unsaturated/α-hetero) is 1. The topological polar surface area (TPSA) is 116 Å². The molecule has 0 N–H and O–H groups in total. The number of aromatic nitrogens is 2. The maximum absolute atomic E-state index is 13.1. The van der Waals surface area contributed by atoms with Crippen LogP contribution in [0.25, 0.3) is 11.3 Å².